The third kappa shape index (κ3) is 4.08. The van der Waals surface area contributed by atoms with Crippen molar-refractivity contribution >= 4 is 5.91 Å². The van der Waals surface area contributed by atoms with Crippen LogP contribution in [0.2, 0.25) is 0 Å². The smallest absolute Gasteiger partial charge is 0.316 e. The van der Waals surface area contributed by atoms with Crippen molar-refractivity contribution in [3.63, 3.8) is 0 Å². The molecule has 0 aliphatic carbocycles. The van der Waals surface area contributed by atoms with Crippen LogP contribution in [0.15, 0.2) is 60.9 Å². The highest BCUT2D eigenvalue weighted by atomic mass is 16.5. The molecular formula is C23H20N4O3. The summed E-state index contributed by atoms with van der Waals surface area (Å²) in [6.45, 7) is 0.759. The summed E-state index contributed by atoms with van der Waals surface area (Å²) in [7, 11) is 1.55. The Balaban J connectivity index is 1.56. The summed E-state index contributed by atoms with van der Waals surface area (Å²) in [5, 5.41) is 9.00. The number of amides is 1. The molecule has 0 saturated carbocycles. The zero-order valence-electron chi connectivity index (χ0n) is 16.5. The van der Waals surface area contributed by atoms with E-state index in [1.807, 2.05) is 23.1 Å². The summed E-state index contributed by atoms with van der Waals surface area (Å²) >= 11 is 0. The Kier molecular flexibility index (Phi) is 5.57. The molecule has 3 aromatic rings. The van der Waals surface area contributed by atoms with Crippen LogP contribution in [0.3, 0.4) is 0 Å². The summed E-state index contributed by atoms with van der Waals surface area (Å²) in [5.74, 6) is 0.449. The lowest BCUT2D eigenvalue weighted by molar-refractivity contribution is 0.0558. The van der Waals surface area contributed by atoms with Crippen molar-refractivity contribution in [2.45, 2.75) is 19.0 Å². The van der Waals surface area contributed by atoms with Gasteiger partial charge in [-0.15, -0.1) is 0 Å². The van der Waals surface area contributed by atoms with Crippen molar-refractivity contribution in [3.05, 3.63) is 83.2 Å². The van der Waals surface area contributed by atoms with Crippen LogP contribution >= 0.6 is 0 Å². The van der Waals surface area contributed by atoms with Crippen molar-refractivity contribution < 1.29 is 14.3 Å². The van der Waals surface area contributed by atoms with Crippen molar-refractivity contribution in [1.29, 1.82) is 5.26 Å². The average molecular weight is 400 g/mol. The third-order valence-corrected chi connectivity index (χ3v) is 5.12. The van der Waals surface area contributed by atoms with Gasteiger partial charge in [0, 0.05) is 12.1 Å². The number of carbonyl (C=O) groups excluding carboxylic acids is 1. The first kappa shape index (κ1) is 19.4. The number of benzene rings is 2. The second-order valence-electron chi connectivity index (χ2n) is 6.97. The molecule has 2 heterocycles. The summed E-state index contributed by atoms with van der Waals surface area (Å²) < 4.78 is 10.9. The molecule has 4 rings (SSSR count). The van der Waals surface area contributed by atoms with Gasteiger partial charge in [-0.25, -0.2) is 0 Å². The predicted molar refractivity (Wildman–Crippen MR) is 109 cm³/mol. The minimum absolute atomic E-state index is 0.0988. The second-order valence-corrected chi connectivity index (χ2v) is 6.97. The molecule has 150 valence electrons. The fraction of sp³-hybridized carbons (Fsp3) is 0.217. The fourth-order valence-electron chi connectivity index (χ4n) is 3.48. The maximum atomic E-state index is 13.3. The number of aromatic nitrogens is 2. The molecule has 0 N–H and O–H groups in total. The van der Waals surface area contributed by atoms with Gasteiger partial charge >= 0.3 is 6.01 Å². The molecule has 0 spiro atoms. The maximum Gasteiger partial charge on any atom is 0.316 e. The average Bonchev–Trinajstić information content (AvgIpc) is 2.82. The van der Waals surface area contributed by atoms with E-state index >= 15 is 0 Å². The SMILES string of the molecule is COc1cnc(OC[C@@H]2Cc3ccccc3CN2C(=O)c2ccc(C#N)cc2)nc1. The van der Waals surface area contributed by atoms with Gasteiger partial charge in [0.15, 0.2) is 5.75 Å². The van der Waals surface area contributed by atoms with E-state index in [2.05, 4.69) is 22.1 Å². The standard InChI is InChI=1S/C23H20N4O3/c1-29-21-12-25-23(26-13-21)30-15-20-10-18-4-2-3-5-19(18)14-27(20)22(28)17-8-6-16(11-24)7-9-17/h2-9,12-13,20H,10,14-15H2,1H3/t20-/m0/s1. The molecule has 0 unspecified atom stereocenters. The lowest BCUT2D eigenvalue weighted by Gasteiger charge is -2.36. The Bertz CT molecular complexity index is 1070. The molecule has 1 amide bonds. The molecule has 7 nitrogen and oxygen atoms in total. The molecular weight excluding hydrogens is 380 g/mol. The summed E-state index contributed by atoms with van der Waals surface area (Å²) in [6.07, 6.45) is 3.75. The second kappa shape index (κ2) is 8.62. The van der Waals surface area contributed by atoms with Crippen molar-refractivity contribution in [2.75, 3.05) is 13.7 Å². The highest BCUT2D eigenvalue weighted by Crippen LogP contribution is 2.25. The summed E-state index contributed by atoms with van der Waals surface area (Å²) in [4.78, 5) is 23.3. The molecule has 7 heteroatoms. The molecule has 1 aliphatic rings. The highest BCUT2D eigenvalue weighted by Gasteiger charge is 2.31. The van der Waals surface area contributed by atoms with E-state index in [0.29, 0.717) is 29.8 Å². The predicted octanol–water partition coefficient (Wildman–Crippen LogP) is 3.00. The van der Waals surface area contributed by atoms with Crippen LogP contribution in [0.4, 0.5) is 0 Å². The number of hydrogen-bond acceptors (Lipinski definition) is 6. The van der Waals surface area contributed by atoms with Crippen LogP contribution in [-0.2, 0) is 13.0 Å². The number of ether oxygens (including phenoxy) is 2. The number of rotatable bonds is 5. The van der Waals surface area contributed by atoms with E-state index in [4.69, 9.17) is 14.7 Å². The van der Waals surface area contributed by atoms with Crippen LogP contribution < -0.4 is 9.47 Å². The number of fused-ring (bicyclic) bond motifs is 1. The van der Waals surface area contributed by atoms with Crippen LogP contribution in [0.25, 0.3) is 0 Å². The van der Waals surface area contributed by atoms with E-state index < -0.39 is 0 Å². The van der Waals surface area contributed by atoms with Crippen molar-refractivity contribution in [1.82, 2.24) is 14.9 Å². The Morgan fingerprint density at radius 1 is 1.13 bits per heavy atom. The van der Waals surface area contributed by atoms with Crippen LogP contribution in [-0.4, -0.2) is 40.5 Å². The summed E-state index contributed by atoms with van der Waals surface area (Å²) in [6, 6.07) is 16.9. The number of nitriles is 1. The van der Waals surface area contributed by atoms with Crippen LogP contribution in [0.5, 0.6) is 11.8 Å². The van der Waals surface area contributed by atoms with E-state index in [-0.39, 0.29) is 24.6 Å². The zero-order chi connectivity index (χ0) is 20.9. The number of hydrogen-bond donors (Lipinski definition) is 0. The topological polar surface area (TPSA) is 88.3 Å². The zero-order valence-corrected chi connectivity index (χ0v) is 16.5. The summed E-state index contributed by atoms with van der Waals surface area (Å²) in [5.41, 5.74) is 3.38. The van der Waals surface area contributed by atoms with E-state index in [1.54, 1.807) is 31.4 Å². The van der Waals surface area contributed by atoms with Gasteiger partial charge in [-0.3, -0.25) is 4.79 Å². The normalized spacial score (nSPS) is 15.1. The number of nitrogens with zero attached hydrogens (tertiary/aromatic N) is 4. The first-order valence-corrected chi connectivity index (χ1v) is 9.54. The molecule has 1 aromatic heterocycles. The van der Waals surface area contributed by atoms with Gasteiger partial charge < -0.3 is 14.4 Å². The first-order chi connectivity index (χ1) is 14.7. The lowest BCUT2D eigenvalue weighted by Crippen LogP contribution is -2.47. The maximum absolute atomic E-state index is 13.3. The van der Waals surface area contributed by atoms with Crippen molar-refractivity contribution in [2.24, 2.45) is 0 Å². The molecule has 1 atom stereocenters. The molecule has 2 aromatic carbocycles. The quantitative estimate of drug-likeness (QED) is 0.654. The minimum Gasteiger partial charge on any atom is -0.494 e. The first-order valence-electron chi connectivity index (χ1n) is 9.54. The number of methoxy groups -OCH3 is 1. The van der Waals surface area contributed by atoms with Gasteiger partial charge in [-0.1, -0.05) is 24.3 Å². The van der Waals surface area contributed by atoms with Crippen LogP contribution in [0.1, 0.15) is 27.0 Å². The largest absolute Gasteiger partial charge is 0.494 e. The van der Waals surface area contributed by atoms with E-state index in [0.717, 1.165) is 5.56 Å². The Morgan fingerprint density at radius 2 is 1.83 bits per heavy atom. The molecule has 1 aliphatic heterocycles. The Hall–Kier alpha value is -3.92. The Labute approximate surface area is 174 Å². The third-order valence-electron chi connectivity index (χ3n) is 5.12. The van der Waals surface area contributed by atoms with Crippen molar-refractivity contribution in [3.8, 4) is 17.8 Å². The van der Waals surface area contributed by atoms with Gasteiger partial charge in [0.25, 0.3) is 5.91 Å². The van der Waals surface area contributed by atoms with Gasteiger partial charge in [-0.05, 0) is 41.8 Å². The van der Waals surface area contributed by atoms with Gasteiger partial charge in [0.1, 0.15) is 6.61 Å². The minimum atomic E-state index is -0.172. The lowest BCUT2D eigenvalue weighted by atomic mass is 9.93. The van der Waals surface area contributed by atoms with Gasteiger partial charge in [0.05, 0.1) is 37.2 Å². The molecule has 30 heavy (non-hydrogen) atoms. The molecule has 0 bridgehead atoms. The van der Waals surface area contributed by atoms with E-state index in [1.165, 1.54) is 18.0 Å². The fourth-order valence-corrected chi connectivity index (χ4v) is 3.48. The highest BCUT2D eigenvalue weighted by molar-refractivity contribution is 5.94. The Morgan fingerprint density at radius 3 is 2.50 bits per heavy atom. The monoisotopic (exact) mass is 400 g/mol. The van der Waals surface area contributed by atoms with Gasteiger partial charge in [0.2, 0.25) is 0 Å². The van der Waals surface area contributed by atoms with E-state index in [9.17, 15) is 4.79 Å². The molecule has 0 saturated heterocycles. The van der Waals surface area contributed by atoms with Crippen LogP contribution in [0, 0.1) is 11.3 Å². The number of carbonyl (C=O) groups is 1. The molecule has 0 fully saturated rings. The van der Waals surface area contributed by atoms with Gasteiger partial charge in [-0.2, -0.15) is 15.2 Å². The molecule has 0 radical (unpaired) electrons.